The quantitative estimate of drug-likeness (QED) is 0.776. The average molecular weight is 353 g/mol. The first-order chi connectivity index (χ1) is 8.81. The number of hydrogen-bond donors (Lipinski definition) is 1. The SMILES string of the molecule is O=C(Nc1ccc(Br)cc1)C1(Cl)CCCC(F)(F)C1. The van der Waals surface area contributed by atoms with Crippen molar-refractivity contribution in [2.75, 3.05) is 5.32 Å². The van der Waals surface area contributed by atoms with E-state index in [1.807, 2.05) is 0 Å². The Labute approximate surface area is 123 Å². The molecule has 1 atom stereocenters. The van der Waals surface area contributed by atoms with Crippen LogP contribution in [0.25, 0.3) is 0 Å². The van der Waals surface area contributed by atoms with Crippen molar-refractivity contribution in [1.82, 2.24) is 0 Å². The van der Waals surface area contributed by atoms with Crippen molar-refractivity contribution in [3.05, 3.63) is 28.7 Å². The van der Waals surface area contributed by atoms with Gasteiger partial charge in [-0.3, -0.25) is 4.79 Å². The molecule has 0 spiro atoms. The third-order valence-corrected chi connectivity index (χ3v) is 4.19. The van der Waals surface area contributed by atoms with Crippen molar-refractivity contribution in [3.8, 4) is 0 Å². The Bertz CT molecular complexity index is 480. The molecule has 1 aliphatic rings. The van der Waals surface area contributed by atoms with Crippen molar-refractivity contribution in [3.63, 3.8) is 0 Å². The Morgan fingerprint density at radius 3 is 2.47 bits per heavy atom. The van der Waals surface area contributed by atoms with Crippen LogP contribution in [0.5, 0.6) is 0 Å². The third kappa shape index (κ3) is 3.66. The van der Waals surface area contributed by atoms with E-state index in [1.165, 1.54) is 0 Å². The summed E-state index contributed by atoms with van der Waals surface area (Å²) in [5.41, 5.74) is 0.544. The highest BCUT2D eigenvalue weighted by atomic mass is 79.9. The molecule has 1 saturated carbocycles. The van der Waals surface area contributed by atoms with Crippen molar-refractivity contribution in [1.29, 1.82) is 0 Å². The number of amides is 1. The van der Waals surface area contributed by atoms with Crippen molar-refractivity contribution in [2.45, 2.75) is 36.5 Å². The number of halogens is 4. The minimum atomic E-state index is -2.86. The smallest absolute Gasteiger partial charge is 0.250 e. The van der Waals surface area contributed by atoms with Gasteiger partial charge in [-0.25, -0.2) is 8.78 Å². The first-order valence-corrected chi connectivity index (χ1v) is 7.12. The molecule has 0 radical (unpaired) electrons. The zero-order valence-corrected chi connectivity index (χ0v) is 12.4. The fourth-order valence-corrected chi connectivity index (χ4v) is 2.82. The van der Waals surface area contributed by atoms with Crippen LogP contribution in [0.2, 0.25) is 0 Å². The van der Waals surface area contributed by atoms with Crippen LogP contribution < -0.4 is 5.32 Å². The number of alkyl halides is 3. The van der Waals surface area contributed by atoms with E-state index in [9.17, 15) is 13.6 Å². The van der Waals surface area contributed by atoms with E-state index in [-0.39, 0.29) is 19.3 Å². The van der Waals surface area contributed by atoms with Crippen LogP contribution in [0, 0.1) is 0 Å². The Hall–Kier alpha value is -0.680. The summed E-state index contributed by atoms with van der Waals surface area (Å²) in [6, 6.07) is 6.88. The predicted octanol–water partition coefficient (Wildman–Crippen LogP) is 4.57. The van der Waals surface area contributed by atoms with Gasteiger partial charge in [-0.1, -0.05) is 15.9 Å². The molecule has 0 saturated heterocycles. The van der Waals surface area contributed by atoms with Gasteiger partial charge in [-0.05, 0) is 37.1 Å². The summed E-state index contributed by atoms with van der Waals surface area (Å²) in [6.07, 6.45) is -0.284. The molecule has 104 valence electrons. The molecule has 1 N–H and O–H groups in total. The monoisotopic (exact) mass is 351 g/mol. The van der Waals surface area contributed by atoms with Gasteiger partial charge in [-0.15, -0.1) is 11.6 Å². The van der Waals surface area contributed by atoms with Gasteiger partial charge in [0.15, 0.2) is 0 Å². The van der Waals surface area contributed by atoms with Gasteiger partial charge >= 0.3 is 0 Å². The molecule has 1 aromatic carbocycles. The largest absolute Gasteiger partial charge is 0.325 e. The molecule has 6 heteroatoms. The Kier molecular flexibility index (Phi) is 4.16. The second-order valence-electron chi connectivity index (χ2n) is 4.81. The average Bonchev–Trinajstić information content (AvgIpc) is 2.30. The highest BCUT2D eigenvalue weighted by molar-refractivity contribution is 9.10. The van der Waals surface area contributed by atoms with E-state index >= 15 is 0 Å². The Balaban J connectivity index is 2.08. The number of carbonyl (C=O) groups excluding carboxylic acids is 1. The van der Waals surface area contributed by atoms with Gasteiger partial charge in [0.2, 0.25) is 11.8 Å². The topological polar surface area (TPSA) is 29.1 Å². The predicted molar refractivity (Wildman–Crippen MR) is 74.8 cm³/mol. The van der Waals surface area contributed by atoms with Crippen LogP contribution in [-0.2, 0) is 4.79 Å². The highest BCUT2D eigenvalue weighted by Crippen LogP contribution is 2.43. The molecular formula is C13H13BrClF2NO. The number of hydrogen-bond acceptors (Lipinski definition) is 1. The fourth-order valence-electron chi connectivity index (χ4n) is 2.18. The molecule has 1 unspecified atom stereocenters. The summed E-state index contributed by atoms with van der Waals surface area (Å²) in [5.74, 6) is -3.42. The lowest BCUT2D eigenvalue weighted by Gasteiger charge is -2.34. The van der Waals surface area contributed by atoms with Gasteiger partial charge in [0.05, 0.1) is 0 Å². The lowest BCUT2D eigenvalue weighted by molar-refractivity contribution is -0.124. The van der Waals surface area contributed by atoms with Gasteiger partial charge in [0, 0.05) is 23.0 Å². The zero-order chi connectivity index (χ0) is 14.1. The van der Waals surface area contributed by atoms with E-state index in [2.05, 4.69) is 21.2 Å². The highest BCUT2D eigenvalue weighted by Gasteiger charge is 2.49. The van der Waals surface area contributed by atoms with Crippen LogP contribution >= 0.6 is 27.5 Å². The Morgan fingerprint density at radius 1 is 1.26 bits per heavy atom. The number of benzene rings is 1. The van der Waals surface area contributed by atoms with Crippen molar-refractivity contribution >= 4 is 39.1 Å². The molecule has 1 aromatic rings. The maximum atomic E-state index is 13.4. The summed E-state index contributed by atoms with van der Waals surface area (Å²) in [7, 11) is 0. The van der Waals surface area contributed by atoms with Crippen molar-refractivity contribution in [2.24, 2.45) is 0 Å². The molecule has 2 rings (SSSR count). The Morgan fingerprint density at radius 2 is 1.89 bits per heavy atom. The third-order valence-electron chi connectivity index (χ3n) is 3.16. The van der Waals surface area contributed by atoms with Gasteiger partial charge in [-0.2, -0.15) is 0 Å². The minimum absolute atomic E-state index is 0.201. The van der Waals surface area contributed by atoms with Gasteiger partial charge < -0.3 is 5.32 Å². The molecular weight excluding hydrogens is 340 g/mol. The summed E-state index contributed by atoms with van der Waals surface area (Å²) in [6.45, 7) is 0. The number of anilines is 1. The summed E-state index contributed by atoms with van der Waals surface area (Å²) >= 11 is 9.37. The normalized spacial score (nSPS) is 25.9. The first-order valence-electron chi connectivity index (χ1n) is 5.95. The number of carbonyl (C=O) groups is 1. The van der Waals surface area contributed by atoms with Crippen LogP contribution in [-0.4, -0.2) is 16.7 Å². The van der Waals surface area contributed by atoms with E-state index in [1.54, 1.807) is 24.3 Å². The lowest BCUT2D eigenvalue weighted by atomic mass is 9.85. The summed E-state index contributed by atoms with van der Waals surface area (Å²) in [4.78, 5) is 10.6. The van der Waals surface area contributed by atoms with Gasteiger partial charge in [0.25, 0.3) is 0 Å². The van der Waals surface area contributed by atoms with E-state index < -0.39 is 23.1 Å². The molecule has 0 aliphatic heterocycles. The minimum Gasteiger partial charge on any atom is -0.325 e. The first kappa shape index (κ1) is 14.7. The molecule has 2 nitrogen and oxygen atoms in total. The zero-order valence-electron chi connectivity index (χ0n) is 10.1. The molecule has 19 heavy (non-hydrogen) atoms. The van der Waals surface area contributed by atoms with Crippen LogP contribution in [0.3, 0.4) is 0 Å². The maximum absolute atomic E-state index is 13.4. The summed E-state index contributed by atoms with van der Waals surface area (Å²) < 4.78 is 27.6. The molecule has 0 bridgehead atoms. The van der Waals surface area contributed by atoms with Crippen molar-refractivity contribution < 1.29 is 13.6 Å². The van der Waals surface area contributed by atoms with Crippen LogP contribution in [0.1, 0.15) is 25.7 Å². The molecule has 1 fully saturated rings. The second kappa shape index (κ2) is 5.37. The standard InChI is InChI=1S/C13H13BrClF2NO/c14-9-2-4-10(5-3-9)18-11(19)12(15)6-1-7-13(16,17)8-12/h2-5H,1,6-8H2,(H,18,19). The van der Waals surface area contributed by atoms with E-state index in [0.717, 1.165) is 4.47 Å². The number of nitrogens with one attached hydrogen (secondary N) is 1. The lowest BCUT2D eigenvalue weighted by Crippen LogP contribution is -2.45. The van der Waals surface area contributed by atoms with E-state index in [4.69, 9.17) is 11.6 Å². The molecule has 1 aliphatic carbocycles. The fraction of sp³-hybridized carbons (Fsp3) is 0.462. The summed E-state index contributed by atoms with van der Waals surface area (Å²) in [5, 5.41) is 2.59. The second-order valence-corrected chi connectivity index (χ2v) is 6.45. The van der Waals surface area contributed by atoms with E-state index in [0.29, 0.717) is 5.69 Å². The van der Waals surface area contributed by atoms with Crippen LogP contribution in [0.15, 0.2) is 28.7 Å². The van der Waals surface area contributed by atoms with Crippen LogP contribution in [0.4, 0.5) is 14.5 Å². The maximum Gasteiger partial charge on any atom is 0.250 e. The molecule has 0 aromatic heterocycles. The molecule has 1 amide bonds. The molecule has 0 heterocycles. The number of rotatable bonds is 2. The van der Waals surface area contributed by atoms with Gasteiger partial charge in [0.1, 0.15) is 4.87 Å².